The number of alkyl halides is 1. The molecule has 2 aliphatic heterocycles. The Labute approximate surface area is 161 Å². The summed E-state index contributed by atoms with van der Waals surface area (Å²) in [6.45, 7) is 2.41. The number of rotatable bonds is 5. The van der Waals surface area contributed by atoms with Crippen molar-refractivity contribution < 1.29 is 14.0 Å². The molecule has 0 aromatic rings. The number of hydroxylamine groups is 1. The molecule has 4 rings (SSSR count). The summed E-state index contributed by atoms with van der Waals surface area (Å²) < 4.78 is 13.6. The second kappa shape index (κ2) is 9.16. The molecule has 0 aromatic heterocycles. The Kier molecular flexibility index (Phi) is 6.63. The lowest BCUT2D eigenvalue weighted by Crippen LogP contribution is -2.47. The maximum Gasteiger partial charge on any atom is 0.239 e. The van der Waals surface area contributed by atoms with Crippen LogP contribution in [0.15, 0.2) is 0 Å². The Morgan fingerprint density at radius 2 is 1.96 bits per heavy atom. The molecule has 0 radical (unpaired) electrons. The zero-order valence-corrected chi connectivity index (χ0v) is 16.3. The minimum absolute atomic E-state index is 0.0449. The van der Waals surface area contributed by atoms with Gasteiger partial charge in [-0.3, -0.25) is 15.1 Å². The molecule has 3 N–H and O–H groups in total. The first-order valence-electron chi connectivity index (χ1n) is 11.0. The van der Waals surface area contributed by atoms with Crippen LogP contribution in [0.5, 0.6) is 0 Å². The average Bonchev–Trinajstić information content (AvgIpc) is 3.32. The van der Waals surface area contributed by atoms with Crippen molar-refractivity contribution in [3.63, 3.8) is 0 Å². The minimum atomic E-state index is -0.632. The summed E-state index contributed by atoms with van der Waals surface area (Å²) in [5.74, 6) is 1.07. The Morgan fingerprint density at radius 1 is 1.11 bits per heavy atom. The fourth-order valence-corrected chi connectivity index (χ4v) is 5.33. The van der Waals surface area contributed by atoms with Crippen molar-refractivity contribution in [1.29, 1.82) is 0 Å². The predicted molar refractivity (Wildman–Crippen MR) is 101 cm³/mol. The smallest absolute Gasteiger partial charge is 0.239 e. The van der Waals surface area contributed by atoms with Crippen molar-refractivity contribution in [1.82, 2.24) is 21.2 Å². The topological polar surface area (TPSA) is 65.6 Å². The van der Waals surface area contributed by atoms with Crippen molar-refractivity contribution in [3.8, 4) is 0 Å². The number of hydrogen-bond acceptors (Lipinski definition) is 5. The first-order valence-corrected chi connectivity index (χ1v) is 11.0. The van der Waals surface area contributed by atoms with Gasteiger partial charge in [0.2, 0.25) is 5.91 Å². The van der Waals surface area contributed by atoms with Crippen LogP contribution in [0.25, 0.3) is 0 Å². The van der Waals surface area contributed by atoms with Crippen molar-refractivity contribution in [3.05, 3.63) is 0 Å². The van der Waals surface area contributed by atoms with E-state index in [1.807, 2.05) is 0 Å². The first-order chi connectivity index (χ1) is 13.2. The van der Waals surface area contributed by atoms with Crippen LogP contribution in [0, 0.1) is 11.8 Å². The van der Waals surface area contributed by atoms with E-state index in [4.69, 9.17) is 4.84 Å². The summed E-state index contributed by atoms with van der Waals surface area (Å²) in [6, 6.07) is -0.130. The van der Waals surface area contributed by atoms with E-state index in [-0.39, 0.29) is 24.1 Å². The van der Waals surface area contributed by atoms with Gasteiger partial charge in [-0.1, -0.05) is 25.7 Å². The van der Waals surface area contributed by atoms with E-state index in [2.05, 4.69) is 21.2 Å². The number of hydrazine groups is 1. The van der Waals surface area contributed by atoms with Crippen molar-refractivity contribution in [2.75, 3.05) is 19.6 Å². The SMILES string of the molecule is O=C(NC1CNN(CC2CCCC(F)C2)C1)C1CC(C2CCCCC2)ON1. The molecular formula is C20H35FN4O2. The summed E-state index contributed by atoms with van der Waals surface area (Å²) in [5.41, 5.74) is 6.34. The lowest BCUT2D eigenvalue weighted by atomic mass is 9.83. The zero-order chi connectivity index (χ0) is 18.6. The molecule has 5 atom stereocenters. The van der Waals surface area contributed by atoms with Gasteiger partial charge in [0.05, 0.1) is 12.1 Å². The number of nitrogens with zero attached hydrogens (tertiary/aromatic N) is 1. The quantitative estimate of drug-likeness (QED) is 0.679. The second-order valence-electron chi connectivity index (χ2n) is 9.06. The maximum absolute atomic E-state index is 13.6. The molecule has 2 saturated carbocycles. The highest BCUT2D eigenvalue weighted by Crippen LogP contribution is 2.32. The van der Waals surface area contributed by atoms with Crippen LogP contribution in [0.1, 0.15) is 64.2 Å². The highest BCUT2D eigenvalue weighted by atomic mass is 19.1. The van der Waals surface area contributed by atoms with Crippen LogP contribution in [0.4, 0.5) is 4.39 Å². The number of hydrogen-bond donors (Lipinski definition) is 3. The van der Waals surface area contributed by atoms with Gasteiger partial charge in [-0.15, -0.1) is 0 Å². The van der Waals surface area contributed by atoms with E-state index in [1.54, 1.807) is 0 Å². The highest BCUT2D eigenvalue weighted by Gasteiger charge is 2.37. The molecule has 0 bridgehead atoms. The van der Waals surface area contributed by atoms with Gasteiger partial charge in [0.15, 0.2) is 0 Å². The van der Waals surface area contributed by atoms with E-state index < -0.39 is 6.17 Å². The van der Waals surface area contributed by atoms with Gasteiger partial charge in [0.25, 0.3) is 0 Å². The number of amides is 1. The van der Waals surface area contributed by atoms with Gasteiger partial charge >= 0.3 is 0 Å². The Hall–Kier alpha value is -0.760. The average molecular weight is 383 g/mol. The van der Waals surface area contributed by atoms with Crippen LogP contribution in [0.3, 0.4) is 0 Å². The molecule has 0 spiro atoms. The van der Waals surface area contributed by atoms with E-state index in [0.29, 0.717) is 18.3 Å². The molecule has 2 saturated heterocycles. The summed E-state index contributed by atoms with van der Waals surface area (Å²) in [4.78, 5) is 18.4. The van der Waals surface area contributed by atoms with E-state index in [0.717, 1.165) is 45.3 Å². The number of nitrogens with one attached hydrogen (secondary N) is 3. The van der Waals surface area contributed by atoms with Crippen molar-refractivity contribution in [2.45, 2.75) is 88.6 Å². The third-order valence-electron chi connectivity index (χ3n) is 6.87. The molecule has 27 heavy (non-hydrogen) atoms. The fourth-order valence-electron chi connectivity index (χ4n) is 5.33. The Morgan fingerprint density at radius 3 is 2.78 bits per heavy atom. The summed E-state index contributed by atoms with van der Waals surface area (Å²) >= 11 is 0. The van der Waals surface area contributed by atoms with Gasteiger partial charge in [-0.2, -0.15) is 5.48 Å². The van der Waals surface area contributed by atoms with Crippen LogP contribution in [-0.2, 0) is 9.63 Å². The van der Waals surface area contributed by atoms with E-state index >= 15 is 0 Å². The number of carbonyl (C=O) groups is 1. The lowest BCUT2D eigenvalue weighted by Gasteiger charge is -2.28. The van der Waals surface area contributed by atoms with E-state index in [1.165, 1.54) is 32.1 Å². The molecule has 6 nitrogen and oxygen atoms in total. The molecule has 154 valence electrons. The molecule has 7 heteroatoms. The fraction of sp³-hybridized carbons (Fsp3) is 0.950. The third-order valence-corrected chi connectivity index (χ3v) is 6.87. The zero-order valence-electron chi connectivity index (χ0n) is 16.3. The lowest BCUT2D eigenvalue weighted by molar-refractivity contribution is -0.125. The van der Waals surface area contributed by atoms with Gasteiger partial charge in [-0.25, -0.2) is 9.40 Å². The van der Waals surface area contributed by atoms with Crippen molar-refractivity contribution in [2.24, 2.45) is 11.8 Å². The van der Waals surface area contributed by atoms with Crippen LogP contribution in [0.2, 0.25) is 0 Å². The minimum Gasteiger partial charge on any atom is -0.349 e. The predicted octanol–water partition coefficient (Wildman–Crippen LogP) is 2.06. The molecular weight excluding hydrogens is 347 g/mol. The molecule has 2 heterocycles. The molecule has 5 unspecified atom stereocenters. The number of halogens is 1. The van der Waals surface area contributed by atoms with Crippen LogP contribution >= 0.6 is 0 Å². The first kappa shape index (κ1) is 19.6. The third kappa shape index (κ3) is 5.19. The van der Waals surface area contributed by atoms with Gasteiger partial charge < -0.3 is 5.32 Å². The van der Waals surface area contributed by atoms with Gasteiger partial charge in [-0.05, 0) is 43.9 Å². The largest absolute Gasteiger partial charge is 0.349 e. The summed E-state index contributed by atoms with van der Waals surface area (Å²) in [6.07, 6.45) is 10.2. The van der Waals surface area contributed by atoms with Crippen LogP contribution in [-0.4, -0.2) is 54.9 Å². The highest BCUT2D eigenvalue weighted by molar-refractivity contribution is 5.82. The van der Waals surface area contributed by atoms with Crippen molar-refractivity contribution >= 4 is 5.91 Å². The molecule has 1 amide bonds. The second-order valence-corrected chi connectivity index (χ2v) is 9.06. The Bertz CT molecular complexity index is 502. The van der Waals surface area contributed by atoms with Gasteiger partial charge in [0.1, 0.15) is 12.2 Å². The van der Waals surface area contributed by atoms with Crippen LogP contribution < -0.4 is 16.2 Å². The molecule has 2 aliphatic carbocycles. The normalized spacial score (nSPS) is 38.9. The summed E-state index contributed by atoms with van der Waals surface area (Å²) in [7, 11) is 0. The molecule has 0 aromatic carbocycles. The number of carbonyl (C=O) groups excluding carboxylic acids is 1. The monoisotopic (exact) mass is 382 g/mol. The Balaban J connectivity index is 1.18. The van der Waals surface area contributed by atoms with Gasteiger partial charge in [0, 0.05) is 26.1 Å². The van der Waals surface area contributed by atoms with E-state index in [9.17, 15) is 9.18 Å². The molecule has 4 aliphatic rings. The standard InChI is InChI=1S/C20H35FN4O2/c21-16-8-4-5-14(9-16)12-25-13-17(11-22-25)23-20(26)18-10-19(27-24-18)15-6-2-1-3-7-15/h14-19,22,24H,1-13H2,(H,23,26). The maximum atomic E-state index is 13.6. The molecule has 4 fully saturated rings. The summed E-state index contributed by atoms with van der Waals surface area (Å²) in [5, 5.41) is 5.32.